The quantitative estimate of drug-likeness (QED) is 0.567. The summed E-state index contributed by atoms with van der Waals surface area (Å²) in [5.74, 6) is 0. The van der Waals surface area contributed by atoms with Gasteiger partial charge in [0.1, 0.15) is 0 Å². The molecule has 0 aliphatic carbocycles. The van der Waals surface area contributed by atoms with Gasteiger partial charge in [-0.15, -0.1) is 0 Å². The SMILES string of the molecule is CCCC([C]=O)S(=O)(=O)OC. The average Bonchev–Trinajstić information content (AvgIpc) is 2.00. The predicted molar refractivity (Wildman–Crippen MR) is 40.3 cm³/mol. The normalized spacial score (nSPS) is 14.4. The van der Waals surface area contributed by atoms with Gasteiger partial charge >= 0.3 is 0 Å². The summed E-state index contributed by atoms with van der Waals surface area (Å²) in [5, 5.41) is -1.13. The first kappa shape index (κ1) is 10.6. The molecule has 0 N–H and O–H groups in total. The van der Waals surface area contributed by atoms with Gasteiger partial charge in [0.05, 0.1) is 7.11 Å². The van der Waals surface area contributed by atoms with Crippen molar-refractivity contribution >= 4 is 16.4 Å². The second kappa shape index (κ2) is 4.46. The Hall–Kier alpha value is -0.420. The third-order valence-corrected chi connectivity index (χ3v) is 2.76. The first-order chi connectivity index (χ1) is 5.08. The van der Waals surface area contributed by atoms with Crippen molar-refractivity contribution in [3.05, 3.63) is 0 Å². The van der Waals surface area contributed by atoms with E-state index in [0.29, 0.717) is 6.42 Å². The minimum absolute atomic E-state index is 0.264. The summed E-state index contributed by atoms with van der Waals surface area (Å²) in [4.78, 5) is 10.1. The van der Waals surface area contributed by atoms with Crippen molar-refractivity contribution in [3.63, 3.8) is 0 Å². The third kappa shape index (κ3) is 2.98. The summed E-state index contributed by atoms with van der Waals surface area (Å²) in [6, 6.07) is 0. The molecule has 0 aromatic carbocycles. The van der Waals surface area contributed by atoms with Gasteiger partial charge in [-0.2, -0.15) is 8.42 Å². The highest BCUT2D eigenvalue weighted by atomic mass is 32.2. The van der Waals surface area contributed by atoms with Crippen LogP contribution < -0.4 is 0 Å². The fourth-order valence-electron chi connectivity index (χ4n) is 0.641. The molecule has 0 aromatic heterocycles. The van der Waals surface area contributed by atoms with Crippen LogP contribution in [0.3, 0.4) is 0 Å². The lowest BCUT2D eigenvalue weighted by Gasteiger charge is -2.05. The molecule has 0 saturated carbocycles. The first-order valence-corrected chi connectivity index (χ1v) is 4.72. The lowest BCUT2D eigenvalue weighted by Crippen LogP contribution is -2.23. The highest BCUT2D eigenvalue weighted by molar-refractivity contribution is 7.88. The van der Waals surface area contributed by atoms with Gasteiger partial charge < -0.3 is 0 Å². The van der Waals surface area contributed by atoms with Crippen molar-refractivity contribution in [1.82, 2.24) is 0 Å². The van der Waals surface area contributed by atoms with E-state index in [1.807, 2.05) is 0 Å². The van der Waals surface area contributed by atoms with Gasteiger partial charge in [-0.05, 0) is 6.42 Å². The van der Waals surface area contributed by atoms with Crippen LogP contribution in [0.1, 0.15) is 19.8 Å². The smallest absolute Gasteiger partial charge is 0.277 e. The molecule has 4 nitrogen and oxygen atoms in total. The van der Waals surface area contributed by atoms with Gasteiger partial charge in [0.25, 0.3) is 10.1 Å². The van der Waals surface area contributed by atoms with Crippen LogP contribution in [0.2, 0.25) is 0 Å². The topological polar surface area (TPSA) is 60.4 Å². The van der Waals surface area contributed by atoms with E-state index in [0.717, 1.165) is 7.11 Å². The van der Waals surface area contributed by atoms with Crippen molar-refractivity contribution in [1.29, 1.82) is 0 Å². The fourth-order valence-corrected chi connectivity index (χ4v) is 1.52. The lowest BCUT2D eigenvalue weighted by atomic mass is 10.3. The largest absolute Gasteiger partial charge is 0.289 e. The minimum atomic E-state index is -3.70. The Kier molecular flexibility index (Phi) is 4.29. The summed E-state index contributed by atoms with van der Waals surface area (Å²) >= 11 is 0. The molecule has 0 aromatic rings. The lowest BCUT2D eigenvalue weighted by molar-refractivity contribution is 0.390. The maximum Gasteiger partial charge on any atom is 0.277 e. The van der Waals surface area contributed by atoms with Crippen LogP contribution in [0.4, 0.5) is 0 Å². The maximum absolute atomic E-state index is 10.8. The standard InChI is InChI=1S/C6H11O4S/c1-3-4-6(5-7)11(8,9)10-2/h6H,3-4H2,1-2H3. The molecular weight excluding hydrogens is 168 g/mol. The summed E-state index contributed by atoms with van der Waals surface area (Å²) in [6.07, 6.45) is 2.31. The molecule has 0 heterocycles. The molecule has 0 spiro atoms. The van der Waals surface area contributed by atoms with Crippen LogP contribution in [0.5, 0.6) is 0 Å². The van der Waals surface area contributed by atoms with Crippen molar-refractivity contribution in [2.45, 2.75) is 25.0 Å². The second-order valence-corrected chi connectivity index (χ2v) is 3.94. The van der Waals surface area contributed by atoms with Gasteiger partial charge in [-0.1, -0.05) is 13.3 Å². The van der Waals surface area contributed by atoms with Crippen LogP contribution >= 0.6 is 0 Å². The van der Waals surface area contributed by atoms with Crippen molar-refractivity contribution in [2.75, 3.05) is 7.11 Å². The Balaban J connectivity index is 4.37. The Morgan fingerprint density at radius 3 is 2.36 bits per heavy atom. The summed E-state index contributed by atoms with van der Waals surface area (Å²) in [7, 11) is -2.66. The van der Waals surface area contributed by atoms with Crippen LogP contribution in [0.25, 0.3) is 0 Å². The zero-order chi connectivity index (χ0) is 8.91. The van der Waals surface area contributed by atoms with Gasteiger partial charge in [-0.25, -0.2) is 0 Å². The molecule has 11 heavy (non-hydrogen) atoms. The molecule has 1 unspecified atom stereocenters. The van der Waals surface area contributed by atoms with Gasteiger partial charge in [0, 0.05) is 0 Å². The van der Waals surface area contributed by atoms with Crippen LogP contribution in [-0.4, -0.2) is 27.1 Å². The molecule has 0 fully saturated rings. The summed E-state index contributed by atoms with van der Waals surface area (Å²) in [5.41, 5.74) is 0. The van der Waals surface area contributed by atoms with E-state index in [1.165, 1.54) is 6.29 Å². The zero-order valence-corrected chi connectivity index (χ0v) is 7.35. The predicted octanol–water partition coefficient (Wildman–Crippen LogP) is 0.241. The number of rotatable bonds is 5. The summed E-state index contributed by atoms with van der Waals surface area (Å²) in [6.45, 7) is 1.79. The molecule has 0 bridgehead atoms. The van der Waals surface area contributed by atoms with Gasteiger partial charge in [0.15, 0.2) is 5.25 Å². The van der Waals surface area contributed by atoms with Crippen LogP contribution in [0.15, 0.2) is 0 Å². The molecule has 0 rings (SSSR count). The molecule has 0 saturated heterocycles. The number of hydrogen-bond acceptors (Lipinski definition) is 4. The molecule has 1 radical (unpaired) electrons. The number of hydrogen-bond donors (Lipinski definition) is 0. The molecule has 1 atom stereocenters. The molecule has 65 valence electrons. The van der Waals surface area contributed by atoms with Gasteiger partial charge in [0.2, 0.25) is 6.29 Å². The molecule has 0 aliphatic heterocycles. The van der Waals surface area contributed by atoms with E-state index in [1.54, 1.807) is 6.92 Å². The third-order valence-electron chi connectivity index (χ3n) is 1.26. The second-order valence-electron chi connectivity index (χ2n) is 2.05. The van der Waals surface area contributed by atoms with E-state index in [-0.39, 0.29) is 6.42 Å². The van der Waals surface area contributed by atoms with Crippen LogP contribution in [-0.2, 0) is 19.1 Å². The van der Waals surface area contributed by atoms with Crippen molar-refractivity contribution in [2.24, 2.45) is 0 Å². The van der Waals surface area contributed by atoms with Gasteiger partial charge in [-0.3, -0.25) is 8.98 Å². The summed E-state index contributed by atoms with van der Waals surface area (Å²) < 4.78 is 25.8. The minimum Gasteiger partial charge on any atom is -0.289 e. The highest BCUT2D eigenvalue weighted by Gasteiger charge is 2.24. The molecule has 0 aliphatic rings. The molecular formula is C6H11O4S. The monoisotopic (exact) mass is 179 g/mol. The average molecular weight is 179 g/mol. The Bertz CT molecular complexity index is 207. The Labute approximate surface area is 66.7 Å². The van der Waals surface area contributed by atoms with Crippen molar-refractivity contribution in [3.8, 4) is 0 Å². The van der Waals surface area contributed by atoms with Crippen LogP contribution in [0, 0.1) is 0 Å². The Morgan fingerprint density at radius 1 is 1.55 bits per heavy atom. The van der Waals surface area contributed by atoms with E-state index in [4.69, 9.17) is 0 Å². The highest BCUT2D eigenvalue weighted by Crippen LogP contribution is 2.06. The number of carbonyl (C=O) groups excluding carboxylic acids is 1. The molecule has 5 heteroatoms. The maximum atomic E-state index is 10.8. The molecule has 0 amide bonds. The van der Waals surface area contributed by atoms with Crippen molar-refractivity contribution < 1.29 is 17.4 Å². The fraction of sp³-hybridized carbons (Fsp3) is 0.833. The van der Waals surface area contributed by atoms with E-state index >= 15 is 0 Å². The zero-order valence-electron chi connectivity index (χ0n) is 6.53. The van der Waals surface area contributed by atoms with E-state index < -0.39 is 15.4 Å². The van der Waals surface area contributed by atoms with E-state index in [9.17, 15) is 13.2 Å². The first-order valence-electron chi connectivity index (χ1n) is 3.25. The van der Waals surface area contributed by atoms with E-state index in [2.05, 4.69) is 4.18 Å². The Morgan fingerprint density at radius 2 is 2.09 bits per heavy atom.